The summed E-state index contributed by atoms with van der Waals surface area (Å²) < 4.78 is 33.5. The number of ether oxygens (including phenoxy) is 1. The highest BCUT2D eigenvalue weighted by atomic mass is 19.2. The predicted octanol–water partition coefficient (Wildman–Crippen LogP) is 10.3. The van der Waals surface area contributed by atoms with Gasteiger partial charge in [-0.05, 0) is 123 Å². The van der Waals surface area contributed by atoms with Crippen molar-refractivity contribution in [3.63, 3.8) is 0 Å². The molecule has 2 saturated carbocycles. The number of halogens is 2. The van der Waals surface area contributed by atoms with Crippen LogP contribution in [0.2, 0.25) is 0 Å². The average molecular weight is 509 g/mol. The third-order valence-corrected chi connectivity index (χ3v) is 9.03. The lowest BCUT2D eigenvalue weighted by molar-refractivity contribution is 0.304. The van der Waals surface area contributed by atoms with Gasteiger partial charge in [-0.3, -0.25) is 0 Å². The van der Waals surface area contributed by atoms with Gasteiger partial charge in [0, 0.05) is 0 Å². The second-order valence-corrected chi connectivity index (χ2v) is 11.5. The summed E-state index contributed by atoms with van der Waals surface area (Å²) >= 11 is 0. The van der Waals surface area contributed by atoms with Crippen molar-refractivity contribution in [1.29, 1.82) is 0 Å². The predicted molar refractivity (Wildman–Crippen MR) is 150 cm³/mol. The van der Waals surface area contributed by atoms with Crippen molar-refractivity contribution in [3.05, 3.63) is 76.9 Å². The van der Waals surface area contributed by atoms with E-state index in [0.717, 1.165) is 43.9 Å². The summed E-state index contributed by atoms with van der Waals surface area (Å²) in [6, 6.07) is 12.8. The van der Waals surface area contributed by atoms with Crippen LogP contribution in [0.4, 0.5) is 8.78 Å². The number of benzene rings is 2. The molecule has 2 aromatic carbocycles. The standard InChI is InChI=1S/C34H46F2O/c1-3-4-5-8-25-11-17-28(18-12-25)29-19-13-26(14-20-29)9-6-7-10-27-15-21-30(22-16-27)31-23-24-32(37-2)34(36)33(31)35/h6,9,11-12,17-18,23-24,26-27,29-30H,3-5,7-8,10,13-16,19-22H2,1-2H3. The summed E-state index contributed by atoms with van der Waals surface area (Å²) in [5, 5.41) is 0. The molecular weight excluding hydrogens is 462 g/mol. The number of rotatable bonds is 11. The summed E-state index contributed by atoms with van der Waals surface area (Å²) in [6.45, 7) is 2.26. The van der Waals surface area contributed by atoms with Crippen molar-refractivity contribution in [2.24, 2.45) is 11.8 Å². The Morgan fingerprint density at radius 2 is 1.51 bits per heavy atom. The van der Waals surface area contributed by atoms with Crippen molar-refractivity contribution in [3.8, 4) is 5.75 Å². The Bertz CT molecular complexity index is 980. The quantitative estimate of drug-likeness (QED) is 0.217. The van der Waals surface area contributed by atoms with Gasteiger partial charge in [0.05, 0.1) is 7.11 Å². The van der Waals surface area contributed by atoms with E-state index in [4.69, 9.17) is 4.74 Å². The Morgan fingerprint density at radius 1 is 0.811 bits per heavy atom. The zero-order valence-electron chi connectivity index (χ0n) is 23.0. The summed E-state index contributed by atoms with van der Waals surface area (Å²) in [4.78, 5) is 0. The molecule has 2 fully saturated rings. The lowest BCUT2D eigenvalue weighted by atomic mass is 9.76. The minimum Gasteiger partial charge on any atom is -0.494 e. The van der Waals surface area contributed by atoms with Crippen molar-refractivity contribution in [2.45, 2.75) is 109 Å². The molecule has 1 nitrogen and oxygen atoms in total. The minimum absolute atomic E-state index is 0.0120. The van der Waals surface area contributed by atoms with Crippen LogP contribution in [0, 0.1) is 23.5 Å². The maximum Gasteiger partial charge on any atom is 0.200 e. The summed E-state index contributed by atoms with van der Waals surface area (Å²) in [5.41, 5.74) is 3.55. The molecule has 0 aromatic heterocycles. The van der Waals surface area contributed by atoms with E-state index in [9.17, 15) is 8.78 Å². The molecule has 0 unspecified atom stereocenters. The van der Waals surface area contributed by atoms with Gasteiger partial charge in [-0.15, -0.1) is 0 Å². The topological polar surface area (TPSA) is 9.23 Å². The summed E-state index contributed by atoms with van der Waals surface area (Å²) in [7, 11) is 1.37. The Kier molecular flexibility index (Phi) is 10.6. The third kappa shape index (κ3) is 7.68. The van der Waals surface area contributed by atoms with Crippen molar-refractivity contribution in [2.75, 3.05) is 7.11 Å². The van der Waals surface area contributed by atoms with Gasteiger partial charge in [-0.2, -0.15) is 4.39 Å². The Balaban J connectivity index is 1.14. The molecule has 0 spiro atoms. The normalized spacial score (nSPS) is 24.4. The maximum absolute atomic E-state index is 14.5. The summed E-state index contributed by atoms with van der Waals surface area (Å²) in [6.07, 6.45) is 21.7. The molecule has 0 aliphatic heterocycles. The van der Waals surface area contributed by atoms with Gasteiger partial charge in [-0.25, -0.2) is 4.39 Å². The molecule has 0 amide bonds. The van der Waals surface area contributed by atoms with Gasteiger partial charge in [0.15, 0.2) is 11.6 Å². The number of hydrogen-bond donors (Lipinski definition) is 0. The molecule has 37 heavy (non-hydrogen) atoms. The molecule has 202 valence electrons. The van der Waals surface area contributed by atoms with Crippen LogP contribution in [0.5, 0.6) is 5.75 Å². The molecule has 0 atom stereocenters. The molecule has 2 aromatic rings. The highest BCUT2D eigenvalue weighted by molar-refractivity contribution is 5.33. The first kappa shape index (κ1) is 27.9. The Hall–Kier alpha value is -2.16. The fourth-order valence-electron chi connectivity index (χ4n) is 6.58. The van der Waals surface area contributed by atoms with Crippen LogP contribution in [0.1, 0.15) is 119 Å². The third-order valence-electron chi connectivity index (χ3n) is 9.03. The molecule has 0 N–H and O–H groups in total. The second kappa shape index (κ2) is 14.1. The van der Waals surface area contributed by atoms with Crippen LogP contribution in [0.25, 0.3) is 0 Å². The Morgan fingerprint density at radius 3 is 2.19 bits per heavy atom. The van der Waals surface area contributed by atoms with E-state index in [-0.39, 0.29) is 11.7 Å². The first-order valence-electron chi connectivity index (χ1n) is 14.9. The lowest BCUT2D eigenvalue weighted by Crippen LogP contribution is -2.15. The van der Waals surface area contributed by atoms with Crippen molar-refractivity contribution in [1.82, 2.24) is 0 Å². The number of unbranched alkanes of at least 4 members (excludes halogenated alkanes) is 2. The van der Waals surface area contributed by atoms with Crippen molar-refractivity contribution >= 4 is 0 Å². The molecule has 0 radical (unpaired) electrons. The number of hydrogen-bond acceptors (Lipinski definition) is 1. The SMILES string of the molecule is CCCCCc1ccc(C2CCC(C=CCCC3CCC(c4ccc(OC)c(F)c4F)CC3)CC2)cc1. The monoisotopic (exact) mass is 508 g/mol. The first-order chi connectivity index (χ1) is 18.1. The van der Waals surface area contributed by atoms with E-state index >= 15 is 0 Å². The van der Waals surface area contributed by atoms with E-state index in [1.54, 1.807) is 12.1 Å². The second-order valence-electron chi connectivity index (χ2n) is 11.5. The van der Waals surface area contributed by atoms with Gasteiger partial charge in [0.1, 0.15) is 0 Å². The number of methoxy groups -OCH3 is 1. The van der Waals surface area contributed by atoms with Gasteiger partial charge in [0.25, 0.3) is 0 Å². The van der Waals surface area contributed by atoms with E-state index in [1.807, 2.05) is 0 Å². The van der Waals surface area contributed by atoms with Gasteiger partial charge < -0.3 is 4.74 Å². The Labute approximate surface area is 223 Å². The first-order valence-corrected chi connectivity index (χ1v) is 14.9. The van der Waals surface area contributed by atoms with Crippen LogP contribution in [0.3, 0.4) is 0 Å². The zero-order chi connectivity index (χ0) is 26.0. The highest BCUT2D eigenvalue weighted by Gasteiger charge is 2.26. The molecule has 0 saturated heterocycles. The van der Waals surface area contributed by atoms with Crippen LogP contribution >= 0.6 is 0 Å². The fraction of sp³-hybridized carbons (Fsp3) is 0.588. The smallest absolute Gasteiger partial charge is 0.200 e. The molecule has 2 aliphatic rings. The minimum atomic E-state index is -0.850. The van der Waals surface area contributed by atoms with Gasteiger partial charge in [-0.1, -0.05) is 62.2 Å². The molecule has 0 bridgehead atoms. The van der Waals surface area contributed by atoms with Crippen LogP contribution < -0.4 is 4.74 Å². The van der Waals surface area contributed by atoms with E-state index in [2.05, 4.69) is 43.3 Å². The molecule has 3 heteroatoms. The van der Waals surface area contributed by atoms with Gasteiger partial charge >= 0.3 is 0 Å². The zero-order valence-corrected chi connectivity index (χ0v) is 23.0. The molecule has 0 heterocycles. The molecular formula is C34H46F2O. The molecule has 4 rings (SSSR count). The summed E-state index contributed by atoms with van der Waals surface area (Å²) in [5.74, 6) is 0.702. The lowest BCUT2D eigenvalue weighted by Gasteiger charge is -2.29. The maximum atomic E-state index is 14.5. The number of aryl methyl sites for hydroxylation is 1. The van der Waals surface area contributed by atoms with Crippen LogP contribution in [-0.4, -0.2) is 7.11 Å². The van der Waals surface area contributed by atoms with E-state index in [1.165, 1.54) is 76.0 Å². The fourth-order valence-corrected chi connectivity index (χ4v) is 6.58. The van der Waals surface area contributed by atoms with E-state index < -0.39 is 11.6 Å². The van der Waals surface area contributed by atoms with Crippen LogP contribution in [-0.2, 0) is 6.42 Å². The van der Waals surface area contributed by atoms with E-state index in [0.29, 0.717) is 11.5 Å². The average Bonchev–Trinajstić information content (AvgIpc) is 2.94. The van der Waals surface area contributed by atoms with Crippen LogP contribution in [0.15, 0.2) is 48.6 Å². The largest absolute Gasteiger partial charge is 0.494 e. The van der Waals surface area contributed by atoms with Crippen molar-refractivity contribution < 1.29 is 13.5 Å². The molecule has 2 aliphatic carbocycles. The van der Waals surface area contributed by atoms with Gasteiger partial charge in [0.2, 0.25) is 5.82 Å². The highest BCUT2D eigenvalue weighted by Crippen LogP contribution is 2.40. The number of allylic oxidation sites excluding steroid dienone is 2.